The van der Waals surface area contributed by atoms with Gasteiger partial charge in [0.05, 0.1) is 23.6 Å². The summed E-state index contributed by atoms with van der Waals surface area (Å²) in [6.07, 6.45) is 0. The van der Waals surface area contributed by atoms with Gasteiger partial charge in [-0.05, 0) is 18.1 Å². The summed E-state index contributed by atoms with van der Waals surface area (Å²) in [7, 11) is -0.940. The molecule has 108 valence electrons. The second-order valence-corrected chi connectivity index (χ2v) is 8.55. The molecule has 2 aliphatic rings. The molecule has 1 aromatic carbocycles. The van der Waals surface area contributed by atoms with Crippen LogP contribution < -0.4 is 0 Å². The van der Waals surface area contributed by atoms with Gasteiger partial charge in [0.1, 0.15) is 0 Å². The normalized spacial score (nSPS) is 27.5. The minimum Gasteiger partial charge on any atom is -0.348 e. The number of hydrogen-bond acceptors (Lipinski definition) is 5. The van der Waals surface area contributed by atoms with Crippen molar-refractivity contribution in [3.63, 3.8) is 0 Å². The predicted octanol–water partition coefficient (Wildman–Crippen LogP) is 1.70. The average Bonchev–Trinajstić information content (AvgIpc) is 2.83. The van der Waals surface area contributed by atoms with E-state index >= 15 is 0 Å². The van der Waals surface area contributed by atoms with Gasteiger partial charge in [-0.25, -0.2) is 8.42 Å². The lowest BCUT2D eigenvalue weighted by molar-refractivity contribution is 0.410. The number of likely N-dealkylation sites (N-methyl/N-ethyl adjacent to an activating group) is 1. The highest BCUT2D eigenvalue weighted by molar-refractivity contribution is 8.13. The maximum Gasteiger partial charge on any atom is 0.159 e. The van der Waals surface area contributed by atoms with E-state index in [2.05, 4.69) is 24.0 Å². The number of benzene rings is 1. The van der Waals surface area contributed by atoms with Gasteiger partial charge in [-0.2, -0.15) is 0 Å². The third kappa shape index (κ3) is 2.59. The lowest BCUT2D eigenvalue weighted by Gasteiger charge is -2.20. The van der Waals surface area contributed by atoms with Gasteiger partial charge in [0.2, 0.25) is 0 Å². The van der Waals surface area contributed by atoms with Crippen LogP contribution in [-0.2, 0) is 15.6 Å². The Kier molecular flexibility index (Phi) is 3.54. The first-order valence-corrected chi connectivity index (χ1v) is 9.45. The Morgan fingerprint density at radius 3 is 2.80 bits per heavy atom. The van der Waals surface area contributed by atoms with E-state index in [4.69, 9.17) is 0 Å². The monoisotopic (exact) mass is 310 g/mol. The Morgan fingerprint density at radius 2 is 2.10 bits per heavy atom. The fourth-order valence-corrected chi connectivity index (χ4v) is 5.81. The van der Waals surface area contributed by atoms with Crippen molar-refractivity contribution >= 4 is 26.8 Å². The van der Waals surface area contributed by atoms with Crippen LogP contribution in [0.4, 0.5) is 0 Å². The summed E-state index contributed by atoms with van der Waals surface area (Å²) >= 11 is 1.70. The van der Waals surface area contributed by atoms with Crippen molar-refractivity contribution in [1.29, 1.82) is 0 Å². The molecule has 0 amide bonds. The van der Waals surface area contributed by atoms with Gasteiger partial charge in [0.15, 0.2) is 15.0 Å². The molecular weight excluding hydrogens is 292 g/mol. The third-order valence-corrected chi connectivity index (χ3v) is 6.79. The summed E-state index contributed by atoms with van der Waals surface area (Å²) in [5.41, 5.74) is 2.59. The van der Waals surface area contributed by atoms with Crippen molar-refractivity contribution in [2.45, 2.75) is 24.8 Å². The number of amidine groups is 1. The van der Waals surface area contributed by atoms with Crippen molar-refractivity contribution < 1.29 is 8.42 Å². The van der Waals surface area contributed by atoms with Crippen molar-refractivity contribution in [3.8, 4) is 0 Å². The summed E-state index contributed by atoms with van der Waals surface area (Å²) in [5, 5.41) is 0.971. The lowest BCUT2D eigenvalue weighted by atomic mass is 10.1. The number of sulfone groups is 1. The summed E-state index contributed by atoms with van der Waals surface area (Å²) in [6.45, 7) is 2.11. The quantitative estimate of drug-likeness (QED) is 0.834. The maximum absolute atomic E-state index is 11.6. The zero-order valence-electron chi connectivity index (χ0n) is 11.6. The molecule has 4 nitrogen and oxygen atoms in total. The molecule has 2 aliphatic heterocycles. The number of rotatable bonds is 2. The first-order chi connectivity index (χ1) is 9.46. The van der Waals surface area contributed by atoms with Gasteiger partial charge in [0, 0.05) is 12.8 Å². The molecule has 1 aromatic rings. The Bertz CT molecular complexity index is 655. The Hall–Kier alpha value is -1.01. The molecule has 2 heterocycles. The van der Waals surface area contributed by atoms with Gasteiger partial charge >= 0.3 is 0 Å². The van der Waals surface area contributed by atoms with Crippen molar-refractivity contribution in [3.05, 3.63) is 35.4 Å². The van der Waals surface area contributed by atoms with Crippen molar-refractivity contribution in [2.75, 3.05) is 18.6 Å². The highest BCUT2D eigenvalue weighted by Gasteiger charge is 2.44. The van der Waals surface area contributed by atoms with E-state index in [1.54, 1.807) is 11.8 Å². The highest BCUT2D eigenvalue weighted by Crippen LogP contribution is 2.31. The molecule has 0 aromatic heterocycles. The van der Waals surface area contributed by atoms with Gasteiger partial charge in [-0.15, -0.1) is 0 Å². The fraction of sp³-hybridized carbons (Fsp3) is 0.500. The molecule has 1 fully saturated rings. The van der Waals surface area contributed by atoms with Crippen LogP contribution in [0.25, 0.3) is 0 Å². The van der Waals surface area contributed by atoms with Crippen LogP contribution in [-0.4, -0.2) is 49.1 Å². The van der Waals surface area contributed by atoms with Crippen LogP contribution in [0, 0.1) is 6.92 Å². The highest BCUT2D eigenvalue weighted by atomic mass is 32.2. The van der Waals surface area contributed by atoms with E-state index in [0.29, 0.717) is 0 Å². The van der Waals surface area contributed by atoms with Gasteiger partial charge in [-0.1, -0.05) is 36.0 Å². The van der Waals surface area contributed by atoms with Crippen LogP contribution in [0.5, 0.6) is 0 Å². The molecule has 1 saturated heterocycles. The zero-order chi connectivity index (χ0) is 14.3. The number of aliphatic imine (C=N–C) groups is 1. The third-order valence-electron chi connectivity index (χ3n) is 3.99. The molecule has 0 spiro atoms. The Balaban J connectivity index is 1.69. The molecule has 0 saturated carbocycles. The minimum absolute atomic E-state index is 0.0411. The minimum atomic E-state index is -2.89. The SMILES string of the molecule is Cc1ccccc1CSC1=N[C@H]2CS(=O)(=O)C[C@H]2N1C. The molecular formula is C14H18N2O2S2. The van der Waals surface area contributed by atoms with Crippen molar-refractivity contribution in [2.24, 2.45) is 4.99 Å². The first kappa shape index (κ1) is 13.9. The number of thioether (sulfide) groups is 1. The van der Waals surface area contributed by atoms with E-state index < -0.39 is 9.84 Å². The number of hydrogen-bond donors (Lipinski definition) is 0. The molecule has 0 unspecified atom stereocenters. The molecule has 20 heavy (non-hydrogen) atoms. The van der Waals surface area contributed by atoms with Crippen LogP contribution in [0.2, 0.25) is 0 Å². The van der Waals surface area contributed by atoms with Crippen LogP contribution in [0.15, 0.2) is 29.3 Å². The molecule has 0 N–H and O–H groups in total. The molecule has 0 aliphatic carbocycles. The summed E-state index contributed by atoms with van der Waals surface area (Å²) in [4.78, 5) is 6.64. The van der Waals surface area contributed by atoms with E-state index in [-0.39, 0.29) is 23.6 Å². The molecule has 3 rings (SSSR count). The maximum atomic E-state index is 11.6. The predicted molar refractivity (Wildman–Crippen MR) is 83.9 cm³/mol. The smallest absolute Gasteiger partial charge is 0.159 e. The summed E-state index contributed by atoms with van der Waals surface area (Å²) in [5.74, 6) is 1.32. The lowest BCUT2D eigenvalue weighted by Crippen LogP contribution is -2.35. The fourth-order valence-electron chi connectivity index (χ4n) is 2.73. The molecule has 2 atom stereocenters. The largest absolute Gasteiger partial charge is 0.348 e. The first-order valence-electron chi connectivity index (χ1n) is 6.65. The van der Waals surface area contributed by atoms with Gasteiger partial charge in [0.25, 0.3) is 0 Å². The Morgan fingerprint density at radius 1 is 1.35 bits per heavy atom. The molecule has 6 heteroatoms. The molecule has 0 bridgehead atoms. The summed E-state index contributed by atoms with van der Waals surface area (Å²) in [6, 6.07) is 8.30. The van der Waals surface area contributed by atoms with E-state index in [9.17, 15) is 8.42 Å². The summed E-state index contributed by atoms with van der Waals surface area (Å²) < 4.78 is 23.2. The number of fused-ring (bicyclic) bond motifs is 1. The standard InChI is InChI=1S/C14H18N2O2S2/c1-10-5-3-4-6-11(10)7-19-14-15-12-8-20(17,18)9-13(12)16(14)2/h3-6,12-13H,7-9H2,1-2H3/t12-,13+/m0/s1. The van der Waals surface area contributed by atoms with Gasteiger partial charge < -0.3 is 4.90 Å². The average molecular weight is 310 g/mol. The topological polar surface area (TPSA) is 49.7 Å². The van der Waals surface area contributed by atoms with E-state index in [1.165, 1.54) is 11.1 Å². The zero-order valence-corrected chi connectivity index (χ0v) is 13.2. The Labute approximate surface area is 124 Å². The number of nitrogens with zero attached hydrogens (tertiary/aromatic N) is 2. The van der Waals surface area contributed by atoms with E-state index in [1.807, 2.05) is 24.1 Å². The molecule has 0 radical (unpaired) electrons. The number of aryl methyl sites for hydroxylation is 1. The van der Waals surface area contributed by atoms with Crippen LogP contribution in [0.1, 0.15) is 11.1 Å². The van der Waals surface area contributed by atoms with Crippen LogP contribution >= 0.6 is 11.8 Å². The van der Waals surface area contributed by atoms with E-state index in [0.717, 1.165) is 10.9 Å². The second-order valence-electron chi connectivity index (χ2n) is 5.45. The second kappa shape index (κ2) is 5.07. The van der Waals surface area contributed by atoms with Crippen molar-refractivity contribution in [1.82, 2.24) is 4.90 Å². The van der Waals surface area contributed by atoms with Gasteiger partial charge in [-0.3, -0.25) is 4.99 Å². The van der Waals surface area contributed by atoms with Crippen LogP contribution in [0.3, 0.4) is 0 Å².